The molecule has 7 nitrogen and oxygen atoms in total. The standard InChI is InChI=1S/C21H25N5O2S/c1-3-13-26-19(16-7-9-17(28-2)10-8-16)24-25-20(26)29-14-18(27)23-21(15-22)11-5-4-6-12-21/h3,7-10H,1,4-6,11-14H2,2H3,(H,23,27). The van der Waals surface area contributed by atoms with Crippen molar-refractivity contribution in [3.63, 3.8) is 0 Å². The third-order valence-electron chi connectivity index (χ3n) is 5.01. The summed E-state index contributed by atoms with van der Waals surface area (Å²) in [6, 6.07) is 9.89. The molecule has 1 amide bonds. The predicted molar refractivity (Wildman–Crippen MR) is 113 cm³/mol. The van der Waals surface area contributed by atoms with Gasteiger partial charge in [-0.05, 0) is 37.1 Å². The summed E-state index contributed by atoms with van der Waals surface area (Å²) in [5.74, 6) is 1.50. The van der Waals surface area contributed by atoms with Crippen molar-refractivity contribution >= 4 is 17.7 Å². The Morgan fingerprint density at radius 1 is 1.34 bits per heavy atom. The van der Waals surface area contributed by atoms with Crippen LogP contribution in [-0.2, 0) is 11.3 Å². The maximum Gasteiger partial charge on any atom is 0.231 e. The van der Waals surface area contributed by atoms with E-state index in [4.69, 9.17) is 4.74 Å². The van der Waals surface area contributed by atoms with Crippen molar-refractivity contribution in [1.82, 2.24) is 20.1 Å². The van der Waals surface area contributed by atoms with Gasteiger partial charge in [0, 0.05) is 12.1 Å². The van der Waals surface area contributed by atoms with Crippen molar-refractivity contribution in [2.75, 3.05) is 12.9 Å². The second-order valence-electron chi connectivity index (χ2n) is 7.03. The average Bonchev–Trinajstić information content (AvgIpc) is 3.16. The fourth-order valence-electron chi connectivity index (χ4n) is 3.50. The van der Waals surface area contributed by atoms with Crippen molar-refractivity contribution in [2.45, 2.75) is 49.3 Å². The van der Waals surface area contributed by atoms with Gasteiger partial charge < -0.3 is 10.1 Å². The molecule has 0 spiro atoms. The Balaban J connectivity index is 1.70. The van der Waals surface area contributed by atoms with E-state index in [-0.39, 0.29) is 11.7 Å². The van der Waals surface area contributed by atoms with Crippen LogP contribution < -0.4 is 10.1 Å². The Kier molecular flexibility index (Phi) is 6.94. The first-order valence-corrected chi connectivity index (χ1v) is 10.6. The lowest BCUT2D eigenvalue weighted by Crippen LogP contribution is -2.49. The molecule has 0 saturated heterocycles. The number of nitriles is 1. The number of hydrogen-bond donors (Lipinski definition) is 1. The molecule has 0 radical (unpaired) electrons. The molecule has 0 unspecified atom stereocenters. The molecule has 3 rings (SSSR count). The van der Waals surface area contributed by atoms with E-state index >= 15 is 0 Å². The van der Waals surface area contributed by atoms with Gasteiger partial charge in [-0.25, -0.2) is 0 Å². The highest BCUT2D eigenvalue weighted by Crippen LogP contribution is 2.29. The van der Waals surface area contributed by atoms with E-state index in [2.05, 4.69) is 28.2 Å². The zero-order chi connectivity index (χ0) is 20.7. The van der Waals surface area contributed by atoms with Crippen LogP contribution in [0.4, 0.5) is 0 Å². The number of benzene rings is 1. The minimum absolute atomic E-state index is 0.155. The summed E-state index contributed by atoms with van der Waals surface area (Å²) in [5, 5.41) is 21.7. The number of thioether (sulfide) groups is 1. The van der Waals surface area contributed by atoms with Crippen molar-refractivity contribution in [3.05, 3.63) is 36.9 Å². The molecular weight excluding hydrogens is 386 g/mol. The smallest absolute Gasteiger partial charge is 0.231 e. The van der Waals surface area contributed by atoms with Gasteiger partial charge in [0.1, 0.15) is 11.3 Å². The van der Waals surface area contributed by atoms with Crippen LogP contribution in [0.15, 0.2) is 42.1 Å². The molecule has 1 N–H and O–H groups in total. The first-order chi connectivity index (χ1) is 14.1. The third kappa shape index (κ3) is 4.98. The van der Waals surface area contributed by atoms with E-state index in [0.717, 1.165) is 30.6 Å². The van der Waals surface area contributed by atoms with Crippen LogP contribution in [0, 0.1) is 11.3 Å². The van der Waals surface area contributed by atoms with Gasteiger partial charge in [-0.2, -0.15) is 5.26 Å². The van der Waals surface area contributed by atoms with Crippen molar-refractivity contribution in [2.24, 2.45) is 0 Å². The van der Waals surface area contributed by atoms with Crippen LogP contribution in [0.5, 0.6) is 5.75 Å². The number of nitrogens with one attached hydrogen (secondary N) is 1. The third-order valence-corrected chi connectivity index (χ3v) is 5.98. The van der Waals surface area contributed by atoms with Crippen molar-refractivity contribution < 1.29 is 9.53 Å². The molecule has 1 aliphatic rings. The molecule has 1 fully saturated rings. The highest BCUT2D eigenvalue weighted by Gasteiger charge is 2.33. The average molecular weight is 412 g/mol. The van der Waals surface area contributed by atoms with Crippen molar-refractivity contribution in [1.29, 1.82) is 5.26 Å². The zero-order valence-corrected chi connectivity index (χ0v) is 17.4. The fraction of sp³-hybridized carbons (Fsp3) is 0.429. The Labute approximate surface area is 175 Å². The van der Waals surface area contributed by atoms with Crippen molar-refractivity contribution in [3.8, 4) is 23.2 Å². The zero-order valence-electron chi connectivity index (χ0n) is 16.6. The quantitative estimate of drug-likeness (QED) is 0.527. The number of rotatable bonds is 8. The fourth-order valence-corrected chi connectivity index (χ4v) is 4.24. The van der Waals surface area contributed by atoms with Crippen LogP contribution in [0.1, 0.15) is 32.1 Å². The SMILES string of the molecule is C=CCn1c(SCC(=O)NC2(C#N)CCCCC2)nnc1-c1ccc(OC)cc1. The number of carbonyl (C=O) groups is 1. The largest absolute Gasteiger partial charge is 0.497 e. The highest BCUT2D eigenvalue weighted by atomic mass is 32.2. The highest BCUT2D eigenvalue weighted by molar-refractivity contribution is 7.99. The molecule has 1 heterocycles. The van der Waals surface area contributed by atoms with Crippen LogP contribution in [0.25, 0.3) is 11.4 Å². The van der Waals surface area contributed by atoms with Gasteiger partial charge in [0.05, 0.1) is 18.9 Å². The monoisotopic (exact) mass is 411 g/mol. The summed E-state index contributed by atoms with van der Waals surface area (Å²) in [5.41, 5.74) is 0.181. The number of methoxy groups -OCH3 is 1. The van der Waals surface area contributed by atoms with E-state index in [1.54, 1.807) is 13.2 Å². The maximum atomic E-state index is 12.5. The maximum absolute atomic E-state index is 12.5. The van der Waals surface area contributed by atoms with Gasteiger partial charge >= 0.3 is 0 Å². The summed E-state index contributed by atoms with van der Waals surface area (Å²) >= 11 is 1.31. The first kappa shape index (κ1) is 20.9. The lowest BCUT2D eigenvalue weighted by atomic mass is 9.83. The van der Waals surface area contributed by atoms with Gasteiger partial charge in [-0.15, -0.1) is 16.8 Å². The molecule has 1 aromatic heterocycles. The van der Waals surface area contributed by atoms with E-state index in [1.165, 1.54) is 11.8 Å². The molecule has 0 atom stereocenters. The lowest BCUT2D eigenvalue weighted by Gasteiger charge is -2.31. The molecule has 0 bridgehead atoms. The van der Waals surface area contributed by atoms with Gasteiger partial charge in [-0.1, -0.05) is 37.1 Å². The number of amides is 1. The number of hydrogen-bond acceptors (Lipinski definition) is 6. The molecule has 1 aromatic carbocycles. The summed E-state index contributed by atoms with van der Waals surface area (Å²) in [7, 11) is 1.62. The van der Waals surface area contributed by atoms with Crippen LogP contribution >= 0.6 is 11.8 Å². The molecule has 1 aliphatic carbocycles. The minimum Gasteiger partial charge on any atom is -0.497 e. The molecule has 2 aromatic rings. The summed E-state index contributed by atoms with van der Waals surface area (Å²) < 4.78 is 7.13. The van der Waals surface area contributed by atoms with Gasteiger partial charge in [0.25, 0.3) is 0 Å². The summed E-state index contributed by atoms with van der Waals surface area (Å²) in [6.45, 7) is 4.34. The topological polar surface area (TPSA) is 92.8 Å². The Morgan fingerprint density at radius 2 is 2.07 bits per heavy atom. The van der Waals surface area contributed by atoms with E-state index in [0.29, 0.717) is 30.4 Å². The Hall–Kier alpha value is -2.79. The Bertz CT molecular complexity index is 895. The van der Waals surface area contributed by atoms with E-state index in [9.17, 15) is 10.1 Å². The van der Waals surface area contributed by atoms with Gasteiger partial charge in [-0.3, -0.25) is 9.36 Å². The number of nitrogens with zero attached hydrogens (tertiary/aromatic N) is 4. The van der Waals surface area contributed by atoms with Gasteiger partial charge in [0.2, 0.25) is 5.91 Å². The second kappa shape index (κ2) is 9.61. The molecule has 0 aliphatic heterocycles. The normalized spacial score (nSPS) is 15.3. The van der Waals surface area contributed by atoms with Crippen LogP contribution in [-0.4, -0.2) is 39.1 Å². The molecule has 29 heavy (non-hydrogen) atoms. The Morgan fingerprint density at radius 3 is 2.69 bits per heavy atom. The summed E-state index contributed by atoms with van der Waals surface area (Å²) in [6.07, 6.45) is 6.27. The van der Waals surface area contributed by atoms with Gasteiger partial charge in [0.15, 0.2) is 11.0 Å². The number of carbonyl (C=O) groups excluding carboxylic acids is 1. The number of aromatic nitrogens is 3. The predicted octanol–water partition coefficient (Wildman–Crippen LogP) is 3.57. The number of ether oxygens (including phenoxy) is 1. The molecule has 8 heteroatoms. The molecule has 152 valence electrons. The summed E-state index contributed by atoms with van der Waals surface area (Å²) in [4.78, 5) is 12.5. The number of allylic oxidation sites excluding steroid dienone is 1. The molecular formula is C21H25N5O2S. The minimum atomic E-state index is -0.723. The van der Waals surface area contributed by atoms with E-state index in [1.807, 2.05) is 28.8 Å². The van der Waals surface area contributed by atoms with E-state index < -0.39 is 5.54 Å². The van der Waals surface area contributed by atoms with Crippen LogP contribution in [0.3, 0.4) is 0 Å². The molecule has 1 saturated carbocycles. The first-order valence-electron chi connectivity index (χ1n) is 9.64. The second-order valence-corrected chi connectivity index (χ2v) is 7.97. The van der Waals surface area contributed by atoms with Crippen LogP contribution in [0.2, 0.25) is 0 Å². The lowest BCUT2D eigenvalue weighted by molar-refractivity contribution is -0.120.